The Labute approximate surface area is 114 Å². The van der Waals surface area contributed by atoms with Crippen molar-refractivity contribution < 1.29 is 9.59 Å². The van der Waals surface area contributed by atoms with Crippen LogP contribution >= 0.6 is 0 Å². The Bertz CT molecular complexity index is 634. The molecule has 2 aromatic rings. The van der Waals surface area contributed by atoms with Gasteiger partial charge in [-0.15, -0.1) is 5.10 Å². The van der Waals surface area contributed by atoms with Crippen LogP contribution in [-0.2, 0) is 6.54 Å². The maximum absolute atomic E-state index is 12.0. The number of hydrogen-bond donors (Lipinski definition) is 3. The Kier molecular flexibility index (Phi) is 3.65. The number of amides is 2. The number of rotatable bonds is 4. The summed E-state index contributed by atoms with van der Waals surface area (Å²) < 4.78 is 0. The standard InChI is InChI=1S/C12H14N6O2/c1-18(11(20)10-15-12(14)17-16-10)6-7-2-4-8(5-3-7)9(13)19/h2-5H,6H2,1H3,(H2,13,19)(H3,14,15,16,17). The highest BCUT2D eigenvalue weighted by Gasteiger charge is 2.16. The largest absolute Gasteiger partial charge is 0.366 e. The number of aromatic nitrogens is 3. The van der Waals surface area contributed by atoms with Crippen LogP contribution < -0.4 is 11.5 Å². The molecular weight excluding hydrogens is 260 g/mol. The van der Waals surface area contributed by atoms with E-state index in [0.717, 1.165) is 5.56 Å². The molecule has 0 bridgehead atoms. The summed E-state index contributed by atoms with van der Waals surface area (Å²) in [6.45, 7) is 0.360. The third kappa shape index (κ3) is 2.91. The Morgan fingerprint density at radius 2 is 1.95 bits per heavy atom. The van der Waals surface area contributed by atoms with Gasteiger partial charge in [0.1, 0.15) is 0 Å². The van der Waals surface area contributed by atoms with Crippen LogP contribution in [0.5, 0.6) is 0 Å². The fourth-order valence-electron chi connectivity index (χ4n) is 1.67. The highest BCUT2D eigenvalue weighted by Crippen LogP contribution is 2.08. The lowest BCUT2D eigenvalue weighted by Crippen LogP contribution is -2.27. The normalized spacial score (nSPS) is 10.2. The minimum absolute atomic E-state index is 0.0209. The number of benzene rings is 1. The van der Waals surface area contributed by atoms with Gasteiger partial charge in [-0.05, 0) is 17.7 Å². The molecule has 0 fully saturated rings. The van der Waals surface area contributed by atoms with Gasteiger partial charge in [-0.2, -0.15) is 4.98 Å². The van der Waals surface area contributed by atoms with Gasteiger partial charge in [-0.1, -0.05) is 12.1 Å². The first-order valence-corrected chi connectivity index (χ1v) is 5.79. The van der Waals surface area contributed by atoms with Crippen LogP contribution in [0.25, 0.3) is 0 Å². The summed E-state index contributed by atoms with van der Waals surface area (Å²) >= 11 is 0. The van der Waals surface area contributed by atoms with Gasteiger partial charge >= 0.3 is 0 Å². The van der Waals surface area contributed by atoms with Crippen LogP contribution in [0.1, 0.15) is 26.5 Å². The number of nitrogen functional groups attached to an aromatic ring is 1. The molecule has 0 aliphatic heterocycles. The number of carbonyl (C=O) groups is 2. The van der Waals surface area contributed by atoms with Crippen LogP contribution in [0, 0.1) is 0 Å². The Morgan fingerprint density at radius 3 is 2.45 bits per heavy atom. The third-order valence-electron chi connectivity index (χ3n) is 2.71. The second-order valence-electron chi connectivity index (χ2n) is 4.26. The first kappa shape index (κ1) is 13.5. The molecule has 5 N–H and O–H groups in total. The molecule has 104 valence electrons. The zero-order valence-electron chi connectivity index (χ0n) is 10.8. The highest BCUT2D eigenvalue weighted by atomic mass is 16.2. The van der Waals surface area contributed by atoms with Crippen molar-refractivity contribution in [3.63, 3.8) is 0 Å². The average Bonchev–Trinajstić information content (AvgIpc) is 2.85. The minimum atomic E-state index is -0.488. The lowest BCUT2D eigenvalue weighted by Gasteiger charge is -2.15. The number of aromatic amines is 1. The molecule has 2 amide bonds. The van der Waals surface area contributed by atoms with E-state index < -0.39 is 5.91 Å². The molecule has 1 aromatic heterocycles. The monoisotopic (exact) mass is 274 g/mol. The lowest BCUT2D eigenvalue weighted by atomic mass is 10.1. The molecule has 0 aliphatic rings. The van der Waals surface area contributed by atoms with Gasteiger partial charge in [0.05, 0.1) is 0 Å². The topological polar surface area (TPSA) is 131 Å². The Balaban J connectivity index is 2.05. The molecule has 8 nitrogen and oxygen atoms in total. The average molecular weight is 274 g/mol. The molecule has 0 saturated carbocycles. The number of hydrogen-bond acceptors (Lipinski definition) is 5. The molecule has 1 aromatic carbocycles. The van der Waals surface area contributed by atoms with Crippen molar-refractivity contribution in [2.24, 2.45) is 5.73 Å². The van der Waals surface area contributed by atoms with E-state index in [1.807, 2.05) is 0 Å². The quantitative estimate of drug-likeness (QED) is 0.708. The van der Waals surface area contributed by atoms with E-state index in [2.05, 4.69) is 15.2 Å². The van der Waals surface area contributed by atoms with Crippen molar-refractivity contribution in [3.05, 3.63) is 41.2 Å². The smallest absolute Gasteiger partial charge is 0.291 e. The summed E-state index contributed by atoms with van der Waals surface area (Å²) in [5, 5.41) is 6.06. The zero-order valence-corrected chi connectivity index (χ0v) is 10.8. The summed E-state index contributed by atoms with van der Waals surface area (Å²) in [4.78, 5) is 28.2. The molecule has 0 radical (unpaired) electrons. The number of nitrogens with two attached hydrogens (primary N) is 2. The van der Waals surface area contributed by atoms with Crippen molar-refractivity contribution >= 4 is 17.8 Å². The molecule has 1 heterocycles. The van der Waals surface area contributed by atoms with Crippen molar-refractivity contribution in [2.75, 3.05) is 12.8 Å². The molecule has 2 rings (SSSR count). The van der Waals surface area contributed by atoms with E-state index in [1.54, 1.807) is 31.3 Å². The summed E-state index contributed by atoms with van der Waals surface area (Å²) in [6, 6.07) is 6.70. The van der Waals surface area contributed by atoms with E-state index in [9.17, 15) is 9.59 Å². The second-order valence-corrected chi connectivity index (χ2v) is 4.26. The van der Waals surface area contributed by atoms with Gasteiger partial charge in [0.15, 0.2) is 0 Å². The molecule has 0 atom stereocenters. The zero-order chi connectivity index (χ0) is 14.7. The first-order valence-electron chi connectivity index (χ1n) is 5.79. The fourth-order valence-corrected chi connectivity index (χ4v) is 1.67. The summed E-state index contributed by atoms with van der Waals surface area (Å²) in [5.41, 5.74) is 11.8. The predicted molar refractivity (Wildman–Crippen MR) is 71.6 cm³/mol. The molecule has 20 heavy (non-hydrogen) atoms. The first-order chi connectivity index (χ1) is 9.47. The minimum Gasteiger partial charge on any atom is -0.366 e. The van der Waals surface area contributed by atoms with Gasteiger partial charge in [0, 0.05) is 19.2 Å². The van der Waals surface area contributed by atoms with E-state index in [-0.39, 0.29) is 17.7 Å². The maximum atomic E-state index is 12.0. The van der Waals surface area contributed by atoms with Crippen molar-refractivity contribution in [1.82, 2.24) is 20.1 Å². The van der Waals surface area contributed by atoms with Gasteiger partial charge < -0.3 is 16.4 Å². The van der Waals surface area contributed by atoms with Gasteiger partial charge in [0.25, 0.3) is 5.91 Å². The maximum Gasteiger partial charge on any atom is 0.291 e. The number of primary amides is 1. The van der Waals surface area contributed by atoms with Crippen molar-refractivity contribution in [1.29, 1.82) is 0 Å². The summed E-state index contributed by atoms with van der Waals surface area (Å²) in [5.74, 6) is -0.711. The van der Waals surface area contributed by atoms with Gasteiger partial charge in [0.2, 0.25) is 17.7 Å². The fraction of sp³-hybridized carbons (Fsp3) is 0.167. The molecule has 8 heteroatoms. The summed E-state index contributed by atoms with van der Waals surface area (Å²) in [6.07, 6.45) is 0. The number of anilines is 1. The lowest BCUT2D eigenvalue weighted by molar-refractivity contribution is 0.0773. The molecular formula is C12H14N6O2. The van der Waals surface area contributed by atoms with Gasteiger partial charge in [-0.3, -0.25) is 14.7 Å². The molecule has 0 saturated heterocycles. The Morgan fingerprint density at radius 1 is 1.30 bits per heavy atom. The SMILES string of the molecule is CN(Cc1ccc(C(N)=O)cc1)C(=O)c1nc(N)n[nH]1. The van der Waals surface area contributed by atoms with Crippen LogP contribution in [-0.4, -0.2) is 38.9 Å². The third-order valence-corrected chi connectivity index (χ3v) is 2.71. The summed E-state index contributed by atoms with van der Waals surface area (Å²) in [7, 11) is 1.63. The van der Waals surface area contributed by atoms with Crippen LogP contribution in [0.4, 0.5) is 5.95 Å². The van der Waals surface area contributed by atoms with Crippen LogP contribution in [0.2, 0.25) is 0 Å². The van der Waals surface area contributed by atoms with E-state index in [0.29, 0.717) is 12.1 Å². The van der Waals surface area contributed by atoms with E-state index in [1.165, 1.54) is 4.90 Å². The van der Waals surface area contributed by atoms with Crippen LogP contribution in [0.3, 0.4) is 0 Å². The molecule has 0 unspecified atom stereocenters. The number of H-pyrrole nitrogens is 1. The molecule has 0 spiro atoms. The number of nitrogens with one attached hydrogen (secondary N) is 1. The van der Waals surface area contributed by atoms with Crippen molar-refractivity contribution in [3.8, 4) is 0 Å². The number of nitrogens with zero attached hydrogens (tertiary/aromatic N) is 3. The number of carbonyl (C=O) groups excluding carboxylic acids is 2. The molecule has 0 aliphatic carbocycles. The van der Waals surface area contributed by atoms with E-state index in [4.69, 9.17) is 11.5 Å². The van der Waals surface area contributed by atoms with Gasteiger partial charge in [-0.25, -0.2) is 0 Å². The van der Waals surface area contributed by atoms with Crippen molar-refractivity contribution in [2.45, 2.75) is 6.54 Å². The Hall–Kier alpha value is -2.90. The highest BCUT2D eigenvalue weighted by molar-refractivity contribution is 5.92. The van der Waals surface area contributed by atoms with Crippen LogP contribution in [0.15, 0.2) is 24.3 Å². The second kappa shape index (κ2) is 5.39. The van der Waals surface area contributed by atoms with E-state index >= 15 is 0 Å². The predicted octanol–water partition coefficient (Wildman–Crippen LogP) is -0.242.